The van der Waals surface area contributed by atoms with Gasteiger partial charge in [0.15, 0.2) is 0 Å². The summed E-state index contributed by atoms with van der Waals surface area (Å²) in [6.45, 7) is 2.56. The van der Waals surface area contributed by atoms with E-state index in [1.54, 1.807) is 17.8 Å². The molecule has 0 aliphatic carbocycles. The van der Waals surface area contributed by atoms with E-state index in [1.165, 1.54) is 12.3 Å². The first-order chi connectivity index (χ1) is 8.10. The molecule has 0 bridgehead atoms. The largest absolute Gasteiger partial charge is 0.363 e. The van der Waals surface area contributed by atoms with Gasteiger partial charge in [0.2, 0.25) is 5.82 Å². The molecule has 0 saturated heterocycles. The molecular weight excluding hydrogens is 240 g/mol. The lowest BCUT2D eigenvalue weighted by molar-refractivity contribution is -0.384. The fourth-order valence-corrected chi connectivity index (χ4v) is 1.43. The van der Waals surface area contributed by atoms with Gasteiger partial charge >= 0.3 is 5.69 Å². The Hall–Kier alpha value is -1.81. The molecule has 1 atom stereocenters. The quantitative estimate of drug-likeness (QED) is 0.636. The summed E-state index contributed by atoms with van der Waals surface area (Å²) in [7, 11) is 0. The van der Waals surface area contributed by atoms with Crippen molar-refractivity contribution >= 4 is 23.3 Å². The van der Waals surface area contributed by atoms with Crippen molar-refractivity contribution in [2.24, 2.45) is 0 Å². The second-order valence-corrected chi connectivity index (χ2v) is 4.63. The highest BCUT2D eigenvalue weighted by Gasteiger charge is 2.21. The molecule has 0 fully saturated rings. The molecule has 1 N–H and O–H groups in total. The van der Waals surface area contributed by atoms with Gasteiger partial charge in [0, 0.05) is 18.0 Å². The van der Waals surface area contributed by atoms with Crippen molar-refractivity contribution in [1.82, 2.24) is 4.98 Å². The van der Waals surface area contributed by atoms with Crippen LogP contribution >= 0.6 is 11.8 Å². The Morgan fingerprint density at radius 1 is 1.76 bits per heavy atom. The van der Waals surface area contributed by atoms with E-state index in [9.17, 15) is 10.1 Å². The highest BCUT2D eigenvalue weighted by molar-refractivity contribution is 7.99. The molecule has 7 heteroatoms. The molecule has 1 heterocycles. The Morgan fingerprint density at radius 2 is 2.47 bits per heavy atom. The molecular formula is C10H12N4O2S. The van der Waals surface area contributed by atoms with Crippen LogP contribution in [0.3, 0.4) is 0 Å². The van der Waals surface area contributed by atoms with Gasteiger partial charge in [-0.25, -0.2) is 4.98 Å². The first kappa shape index (κ1) is 13.3. The van der Waals surface area contributed by atoms with Gasteiger partial charge in [-0.2, -0.15) is 17.0 Å². The van der Waals surface area contributed by atoms with Gasteiger partial charge in [-0.1, -0.05) is 6.92 Å². The predicted octanol–water partition coefficient (Wildman–Crippen LogP) is 2.02. The van der Waals surface area contributed by atoms with Gasteiger partial charge < -0.3 is 5.32 Å². The van der Waals surface area contributed by atoms with Crippen molar-refractivity contribution < 1.29 is 4.92 Å². The minimum absolute atomic E-state index is 0.0179. The minimum atomic E-state index is -0.586. The average Bonchev–Trinajstić information content (AvgIpc) is 2.34. The SMILES string of the molecule is CSC(C)CNc1nccc(C#N)c1[N+](=O)[O-]. The summed E-state index contributed by atoms with van der Waals surface area (Å²) in [6.07, 6.45) is 3.34. The van der Waals surface area contributed by atoms with Crippen LogP contribution in [0.5, 0.6) is 0 Å². The van der Waals surface area contributed by atoms with Crippen LogP contribution < -0.4 is 5.32 Å². The average molecular weight is 252 g/mol. The summed E-state index contributed by atoms with van der Waals surface area (Å²) in [5.74, 6) is 0.148. The van der Waals surface area contributed by atoms with Crippen LogP contribution in [0.1, 0.15) is 12.5 Å². The van der Waals surface area contributed by atoms with Gasteiger partial charge in [0.05, 0.1) is 4.92 Å². The number of aromatic nitrogens is 1. The van der Waals surface area contributed by atoms with Crippen LogP contribution in [0.25, 0.3) is 0 Å². The number of nitrogens with zero attached hydrogens (tertiary/aromatic N) is 3. The number of anilines is 1. The number of nitro groups is 1. The zero-order valence-electron chi connectivity index (χ0n) is 9.51. The normalized spacial score (nSPS) is 11.6. The van der Waals surface area contributed by atoms with Crippen LogP contribution in [0.4, 0.5) is 11.5 Å². The standard InChI is InChI=1S/C10H12N4O2S/c1-7(17-2)6-13-10-9(14(15)16)8(5-11)3-4-12-10/h3-4,7H,6H2,1-2H3,(H,12,13). The van der Waals surface area contributed by atoms with Crippen molar-refractivity contribution in [3.63, 3.8) is 0 Å². The van der Waals surface area contributed by atoms with Crippen molar-refractivity contribution in [3.05, 3.63) is 27.9 Å². The van der Waals surface area contributed by atoms with Crippen LogP contribution in [0.2, 0.25) is 0 Å². The predicted molar refractivity (Wildman–Crippen MR) is 67.1 cm³/mol. The van der Waals surface area contributed by atoms with Crippen LogP contribution in [0.15, 0.2) is 12.3 Å². The van der Waals surface area contributed by atoms with Crippen molar-refractivity contribution in [2.45, 2.75) is 12.2 Å². The summed E-state index contributed by atoms with van der Waals surface area (Å²) in [5, 5.41) is 22.9. The first-order valence-electron chi connectivity index (χ1n) is 4.90. The van der Waals surface area contributed by atoms with Crippen LogP contribution in [0, 0.1) is 21.4 Å². The summed E-state index contributed by atoms with van der Waals surface area (Å²) < 4.78 is 0. The third-order valence-electron chi connectivity index (χ3n) is 2.19. The zero-order chi connectivity index (χ0) is 12.8. The summed E-state index contributed by atoms with van der Waals surface area (Å²) in [5.41, 5.74) is -0.243. The Balaban J connectivity index is 2.99. The van der Waals surface area contributed by atoms with Crippen molar-refractivity contribution in [3.8, 4) is 6.07 Å². The number of nitrogens with one attached hydrogen (secondary N) is 1. The lowest BCUT2D eigenvalue weighted by Crippen LogP contribution is -2.15. The maximum atomic E-state index is 10.9. The number of pyridine rings is 1. The van der Waals surface area contributed by atoms with E-state index in [1.807, 2.05) is 13.2 Å². The molecule has 1 rings (SSSR count). The van der Waals surface area contributed by atoms with Crippen molar-refractivity contribution in [1.29, 1.82) is 5.26 Å². The summed E-state index contributed by atoms with van der Waals surface area (Å²) >= 11 is 1.64. The lowest BCUT2D eigenvalue weighted by atomic mass is 10.2. The number of nitriles is 1. The number of rotatable bonds is 5. The van der Waals surface area contributed by atoms with Gasteiger partial charge in [-0.15, -0.1) is 0 Å². The molecule has 0 radical (unpaired) electrons. The van der Waals surface area contributed by atoms with E-state index in [2.05, 4.69) is 10.3 Å². The molecule has 0 spiro atoms. The Labute approximate surface area is 103 Å². The first-order valence-corrected chi connectivity index (χ1v) is 6.19. The zero-order valence-corrected chi connectivity index (χ0v) is 10.3. The van der Waals surface area contributed by atoms with Crippen LogP contribution in [-0.2, 0) is 0 Å². The van der Waals surface area contributed by atoms with E-state index >= 15 is 0 Å². The Bertz CT molecular complexity index is 458. The summed E-state index contributed by atoms with van der Waals surface area (Å²) in [6, 6.07) is 3.13. The Morgan fingerprint density at radius 3 is 3.00 bits per heavy atom. The molecule has 0 aliphatic rings. The Kier molecular flexibility index (Phi) is 4.72. The highest BCUT2D eigenvalue weighted by atomic mass is 32.2. The molecule has 1 aromatic rings. The van der Waals surface area contributed by atoms with Gasteiger partial charge in [-0.05, 0) is 12.3 Å². The van der Waals surface area contributed by atoms with E-state index in [0.717, 1.165) is 0 Å². The number of thioether (sulfide) groups is 1. The maximum Gasteiger partial charge on any atom is 0.328 e. The fraction of sp³-hybridized carbons (Fsp3) is 0.400. The van der Waals surface area contributed by atoms with E-state index in [4.69, 9.17) is 5.26 Å². The fourth-order valence-electron chi connectivity index (χ4n) is 1.18. The lowest BCUT2D eigenvalue weighted by Gasteiger charge is -2.10. The van der Waals surface area contributed by atoms with Gasteiger partial charge in [-0.3, -0.25) is 10.1 Å². The minimum Gasteiger partial charge on any atom is -0.363 e. The molecule has 1 unspecified atom stereocenters. The van der Waals surface area contributed by atoms with Gasteiger partial charge in [0.25, 0.3) is 0 Å². The molecule has 90 valence electrons. The molecule has 0 saturated carbocycles. The molecule has 0 aromatic carbocycles. The topological polar surface area (TPSA) is 91.8 Å². The van der Waals surface area contributed by atoms with E-state index < -0.39 is 4.92 Å². The third-order valence-corrected chi connectivity index (χ3v) is 3.16. The second-order valence-electron chi connectivity index (χ2n) is 3.35. The highest BCUT2D eigenvalue weighted by Crippen LogP contribution is 2.25. The smallest absolute Gasteiger partial charge is 0.328 e. The van der Waals surface area contributed by atoms with Gasteiger partial charge in [0.1, 0.15) is 11.6 Å². The molecule has 1 aromatic heterocycles. The number of hydrogen-bond acceptors (Lipinski definition) is 6. The molecule has 0 aliphatic heterocycles. The summed E-state index contributed by atoms with van der Waals surface area (Å²) in [4.78, 5) is 14.2. The van der Waals surface area contributed by atoms with E-state index in [-0.39, 0.29) is 17.1 Å². The molecule has 6 nitrogen and oxygen atoms in total. The monoisotopic (exact) mass is 252 g/mol. The van der Waals surface area contributed by atoms with E-state index in [0.29, 0.717) is 11.8 Å². The third kappa shape index (κ3) is 3.32. The number of hydrogen-bond donors (Lipinski definition) is 1. The van der Waals surface area contributed by atoms with Crippen molar-refractivity contribution in [2.75, 3.05) is 18.1 Å². The maximum absolute atomic E-state index is 10.9. The molecule has 17 heavy (non-hydrogen) atoms. The second kappa shape index (κ2) is 6.06. The van der Waals surface area contributed by atoms with Crippen LogP contribution in [-0.4, -0.2) is 28.0 Å². The molecule has 0 amide bonds.